The average Bonchev–Trinajstić information content (AvgIpc) is 3.23. The van der Waals surface area contributed by atoms with Gasteiger partial charge in [-0.05, 0) is 29.8 Å². The molecular weight excluding hydrogens is 438 g/mol. The van der Waals surface area contributed by atoms with Gasteiger partial charge in [-0.3, -0.25) is 9.78 Å². The van der Waals surface area contributed by atoms with E-state index in [1.165, 1.54) is 11.8 Å². The molecule has 0 saturated heterocycles. The molecule has 0 fully saturated rings. The van der Waals surface area contributed by atoms with E-state index in [1.54, 1.807) is 24.2 Å². The predicted octanol–water partition coefficient (Wildman–Crippen LogP) is 4.85. The fourth-order valence-electron chi connectivity index (χ4n) is 3.80. The number of hydrogen-bond donors (Lipinski definition) is 0. The Bertz CT molecular complexity index is 1230. The van der Waals surface area contributed by atoms with Gasteiger partial charge in [0.2, 0.25) is 5.91 Å². The van der Waals surface area contributed by atoms with Crippen molar-refractivity contribution in [2.45, 2.75) is 16.1 Å². The van der Waals surface area contributed by atoms with E-state index in [2.05, 4.69) is 33.4 Å². The van der Waals surface area contributed by atoms with Crippen LogP contribution < -0.4 is 4.90 Å². The quantitative estimate of drug-likeness (QED) is 0.398. The maximum absolute atomic E-state index is 13.5. The molecule has 1 unspecified atom stereocenters. The number of anilines is 1. The number of carbonyl (C=O) groups is 1. The van der Waals surface area contributed by atoms with Crippen LogP contribution in [0.5, 0.6) is 0 Å². The third kappa shape index (κ3) is 4.03. The zero-order valence-corrected chi connectivity index (χ0v) is 19.1. The minimum Gasteiger partial charge on any atom is -0.305 e. The Kier molecular flexibility index (Phi) is 5.96. The molecule has 4 aromatic rings. The van der Waals surface area contributed by atoms with Gasteiger partial charge in [-0.25, -0.2) is 0 Å². The summed E-state index contributed by atoms with van der Waals surface area (Å²) in [6.07, 6.45) is 3.49. The van der Waals surface area contributed by atoms with Crippen LogP contribution >= 0.6 is 23.5 Å². The second kappa shape index (κ2) is 9.18. The van der Waals surface area contributed by atoms with E-state index < -0.39 is 0 Å². The molecule has 0 aliphatic carbocycles. The lowest BCUT2D eigenvalue weighted by Crippen LogP contribution is -2.39. The van der Waals surface area contributed by atoms with E-state index in [4.69, 9.17) is 0 Å². The van der Waals surface area contributed by atoms with Gasteiger partial charge in [-0.15, -0.1) is 22.0 Å². The minimum absolute atomic E-state index is 0.00495. The van der Waals surface area contributed by atoms with Gasteiger partial charge < -0.3 is 9.47 Å². The van der Waals surface area contributed by atoms with Crippen molar-refractivity contribution in [1.29, 1.82) is 0 Å². The van der Waals surface area contributed by atoms with E-state index in [0.29, 0.717) is 5.16 Å². The van der Waals surface area contributed by atoms with Crippen LogP contribution in [0.25, 0.3) is 11.4 Å². The molecule has 2 aromatic carbocycles. The molecule has 8 heteroatoms. The first-order valence-electron chi connectivity index (χ1n) is 10.2. The van der Waals surface area contributed by atoms with Crippen LogP contribution in [-0.4, -0.2) is 37.2 Å². The highest BCUT2D eigenvalue weighted by Crippen LogP contribution is 2.43. The largest absolute Gasteiger partial charge is 0.305 e. The first-order valence-corrected chi connectivity index (χ1v) is 12.2. The van der Waals surface area contributed by atoms with Crippen molar-refractivity contribution >= 4 is 35.1 Å². The molecule has 0 spiro atoms. The highest BCUT2D eigenvalue weighted by atomic mass is 32.2. The summed E-state index contributed by atoms with van der Waals surface area (Å²) in [5.41, 5.74) is 3.01. The second-order valence-corrected chi connectivity index (χ2v) is 9.37. The lowest BCUT2D eigenvalue weighted by molar-refractivity contribution is -0.116. The topological polar surface area (TPSA) is 63.9 Å². The van der Waals surface area contributed by atoms with Gasteiger partial charge >= 0.3 is 0 Å². The summed E-state index contributed by atoms with van der Waals surface area (Å²) in [5, 5.41) is 9.30. The summed E-state index contributed by atoms with van der Waals surface area (Å²) in [7, 11) is 1.91. The Labute approximate surface area is 195 Å². The number of fused-ring (bicyclic) bond motifs is 1. The lowest BCUT2D eigenvalue weighted by atomic mass is 10.1. The van der Waals surface area contributed by atoms with Crippen molar-refractivity contribution in [3.8, 4) is 11.4 Å². The Hall–Kier alpha value is -3.10. The zero-order chi connectivity index (χ0) is 21.9. The number of nitrogens with zero attached hydrogens (tertiary/aromatic N) is 5. The Morgan fingerprint density at radius 2 is 1.88 bits per heavy atom. The van der Waals surface area contributed by atoms with Crippen LogP contribution in [0.4, 0.5) is 5.69 Å². The van der Waals surface area contributed by atoms with Crippen molar-refractivity contribution in [2.24, 2.45) is 7.05 Å². The monoisotopic (exact) mass is 459 g/mol. The molecule has 0 N–H and O–H groups in total. The van der Waals surface area contributed by atoms with Crippen molar-refractivity contribution in [3.05, 3.63) is 84.7 Å². The van der Waals surface area contributed by atoms with Gasteiger partial charge in [0.05, 0.1) is 17.5 Å². The maximum Gasteiger partial charge on any atom is 0.238 e. The Balaban J connectivity index is 1.39. The van der Waals surface area contributed by atoms with Gasteiger partial charge in [0.15, 0.2) is 11.0 Å². The van der Waals surface area contributed by atoms with Crippen LogP contribution in [0.1, 0.15) is 11.6 Å². The molecule has 0 radical (unpaired) electrons. The molecule has 5 rings (SSSR count). The smallest absolute Gasteiger partial charge is 0.238 e. The molecule has 1 aliphatic heterocycles. The van der Waals surface area contributed by atoms with Crippen molar-refractivity contribution in [1.82, 2.24) is 19.7 Å². The first-order chi connectivity index (χ1) is 15.7. The lowest BCUT2D eigenvalue weighted by Gasteiger charge is -2.37. The van der Waals surface area contributed by atoms with Gasteiger partial charge in [0, 0.05) is 35.7 Å². The first kappa shape index (κ1) is 20.8. The number of thioether (sulfide) groups is 2. The summed E-state index contributed by atoms with van der Waals surface area (Å²) in [4.78, 5) is 20.8. The summed E-state index contributed by atoms with van der Waals surface area (Å²) in [6.45, 7) is 0. The van der Waals surface area contributed by atoms with Crippen LogP contribution in [0.15, 0.2) is 89.2 Å². The maximum atomic E-state index is 13.5. The standard InChI is InChI=1S/C24H21N5OS2/c1-28-23(18-10-7-13-25-14-18)26-27-24(28)32-16-22(30)29-19-11-5-6-12-21(19)31-15-20(29)17-8-3-2-4-9-17/h2-14,20H,15-16H2,1H3. The third-order valence-electron chi connectivity index (χ3n) is 5.37. The van der Waals surface area contributed by atoms with Crippen LogP contribution in [0, 0.1) is 0 Å². The number of pyridine rings is 1. The molecule has 0 bridgehead atoms. The van der Waals surface area contributed by atoms with Gasteiger partial charge in [0.25, 0.3) is 0 Å². The molecule has 32 heavy (non-hydrogen) atoms. The molecule has 1 aliphatic rings. The van der Waals surface area contributed by atoms with Gasteiger partial charge in [-0.1, -0.05) is 54.2 Å². The molecule has 2 aromatic heterocycles. The number of carbonyl (C=O) groups excluding carboxylic acids is 1. The van der Waals surface area contributed by atoms with E-state index in [9.17, 15) is 4.79 Å². The highest BCUT2D eigenvalue weighted by molar-refractivity contribution is 8.00. The van der Waals surface area contributed by atoms with E-state index >= 15 is 0 Å². The van der Waals surface area contributed by atoms with Crippen molar-refractivity contribution in [2.75, 3.05) is 16.4 Å². The number of rotatable bonds is 5. The third-order valence-corrected chi connectivity index (χ3v) is 7.51. The Morgan fingerprint density at radius 3 is 2.69 bits per heavy atom. The molecule has 6 nitrogen and oxygen atoms in total. The molecule has 3 heterocycles. The molecule has 1 amide bonds. The van der Waals surface area contributed by atoms with E-state index in [0.717, 1.165) is 33.3 Å². The number of hydrogen-bond acceptors (Lipinski definition) is 6. The summed E-state index contributed by atoms with van der Waals surface area (Å²) in [5.74, 6) is 1.89. The number of para-hydroxylation sites is 1. The molecule has 160 valence electrons. The SMILES string of the molecule is Cn1c(SCC(=O)N2c3ccccc3SCC2c2ccccc2)nnc1-c1cccnc1. The van der Waals surface area contributed by atoms with Gasteiger partial charge in [0.1, 0.15) is 0 Å². The normalized spacial score (nSPS) is 15.4. The van der Waals surface area contributed by atoms with E-state index in [-0.39, 0.29) is 17.7 Å². The number of benzene rings is 2. The number of amides is 1. The summed E-state index contributed by atoms with van der Waals surface area (Å²) >= 11 is 3.20. The summed E-state index contributed by atoms with van der Waals surface area (Å²) in [6, 6.07) is 22.2. The second-order valence-electron chi connectivity index (χ2n) is 7.36. The fourth-order valence-corrected chi connectivity index (χ4v) is 5.74. The predicted molar refractivity (Wildman–Crippen MR) is 129 cm³/mol. The van der Waals surface area contributed by atoms with Crippen LogP contribution in [0.2, 0.25) is 0 Å². The van der Waals surface area contributed by atoms with Crippen LogP contribution in [0.3, 0.4) is 0 Å². The van der Waals surface area contributed by atoms with Crippen molar-refractivity contribution < 1.29 is 4.79 Å². The summed E-state index contributed by atoms with van der Waals surface area (Å²) < 4.78 is 1.91. The molecule has 1 atom stereocenters. The average molecular weight is 460 g/mol. The Morgan fingerprint density at radius 1 is 1.06 bits per heavy atom. The minimum atomic E-state index is -0.00495. The van der Waals surface area contributed by atoms with E-state index in [1.807, 2.05) is 65.0 Å². The fraction of sp³-hybridized carbons (Fsp3) is 0.167. The highest BCUT2D eigenvalue weighted by Gasteiger charge is 2.32. The number of aromatic nitrogens is 4. The zero-order valence-electron chi connectivity index (χ0n) is 17.5. The van der Waals surface area contributed by atoms with Crippen molar-refractivity contribution in [3.63, 3.8) is 0 Å². The van der Waals surface area contributed by atoms with Gasteiger partial charge in [-0.2, -0.15) is 0 Å². The molecule has 0 saturated carbocycles. The van der Waals surface area contributed by atoms with Crippen LogP contribution in [-0.2, 0) is 11.8 Å². The molecular formula is C24H21N5OS2.